The third-order valence-corrected chi connectivity index (χ3v) is 5.42. The van der Waals surface area contributed by atoms with Gasteiger partial charge in [-0.3, -0.25) is 4.68 Å². The number of hydrogen-bond acceptors (Lipinski definition) is 3. The van der Waals surface area contributed by atoms with Crippen molar-refractivity contribution in [3.8, 4) is 0 Å². The van der Waals surface area contributed by atoms with Crippen molar-refractivity contribution in [3.63, 3.8) is 0 Å². The summed E-state index contributed by atoms with van der Waals surface area (Å²) in [7, 11) is -2.88. The average molecular weight is 234 g/mol. The Labute approximate surface area is 86.6 Å². The molecule has 1 saturated heterocycles. The van der Waals surface area contributed by atoms with Crippen LogP contribution in [0.5, 0.6) is 0 Å². The summed E-state index contributed by atoms with van der Waals surface area (Å²) in [6.45, 7) is 0. The second-order valence-electron chi connectivity index (χ2n) is 3.80. The van der Waals surface area contributed by atoms with Gasteiger partial charge in [-0.1, -0.05) is 0 Å². The molecule has 2 heterocycles. The van der Waals surface area contributed by atoms with Crippen molar-refractivity contribution < 1.29 is 8.42 Å². The van der Waals surface area contributed by atoms with E-state index in [9.17, 15) is 8.42 Å². The molecule has 4 nitrogen and oxygen atoms in total. The van der Waals surface area contributed by atoms with E-state index >= 15 is 0 Å². The van der Waals surface area contributed by atoms with Gasteiger partial charge < -0.3 is 0 Å². The summed E-state index contributed by atoms with van der Waals surface area (Å²) in [5, 5.41) is 4.19. The van der Waals surface area contributed by atoms with Crippen LogP contribution < -0.4 is 0 Å². The highest BCUT2D eigenvalue weighted by Crippen LogP contribution is 2.30. The highest BCUT2D eigenvalue weighted by molar-refractivity contribution is 8.15. The number of thiol groups is 1. The van der Waals surface area contributed by atoms with E-state index in [0.29, 0.717) is 0 Å². The summed E-state index contributed by atoms with van der Waals surface area (Å²) in [6.07, 6.45) is 8.14. The van der Waals surface area contributed by atoms with Gasteiger partial charge in [0.25, 0.3) is 0 Å². The van der Waals surface area contributed by atoms with E-state index in [1.807, 2.05) is 12.4 Å². The van der Waals surface area contributed by atoms with E-state index in [2.05, 4.69) is 17.6 Å². The largest absolute Gasteiger partial charge is 0.267 e. The highest BCUT2D eigenvalue weighted by Gasteiger charge is 2.35. The summed E-state index contributed by atoms with van der Waals surface area (Å²) in [6, 6.07) is 0.0729. The normalized spacial score (nSPS) is 21.7. The smallest absolute Gasteiger partial charge is 0.154 e. The van der Waals surface area contributed by atoms with Crippen molar-refractivity contribution in [2.75, 3.05) is 24.0 Å². The molecular formula is C8H14N2O2S2. The Bertz CT molecular complexity index is 424. The molecule has 0 bridgehead atoms. The molecule has 0 saturated carbocycles. The Hall–Kier alpha value is -0.490. The van der Waals surface area contributed by atoms with Crippen LogP contribution in [0, 0.1) is 0 Å². The lowest BCUT2D eigenvalue weighted by Gasteiger charge is -2.25. The van der Waals surface area contributed by atoms with Crippen LogP contribution in [0.1, 0.15) is 6.04 Å². The number of rotatable bonds is 2. The van der Waals surface area contributed by atoms with Crippen molar-refractivity contribution in [1.29, 1.82) is 0 Å². The predicted molar refractivity (Wildman–Crippen MR) is 59.0 cm³/mol. The minimum Gasteiger partial charge on any atom is -0.267 e. The number of hydrogen-bond donors (Lipinski definition) is 1. The van der Waals surface area contributed by atoms with Crippen LogP contribution in [0.15, 0.2) is 17.3 Å². The zero-order valence-corrected chi connectivity index (χ0v) is 9.92. The van der Waals surface area contributed by atoms with Crippen LogP contribution in [0.3, 0.4) is 0 Å². The van der Waals surface area contributed by atoms with E-state index in [1.54, 1.807) is 4.68 Å². The summed E-state index contributed by atoms with van der Waals surface area (Å²) < 4.78 is 23.7. The molecule has 1 aliphatic heterocycles. The van der Waals surface area contributed by atoms with Gasteiger partial charge >= 0.3 is 0 Å². The lowest BCUT2D eigenvalue weighted by atomic mass is 10.4. The third kappa shape index (κ3) is 1.81. The van der Waals surface area contributed by atoms with Gasteiger partial charge in [-0.25, -0.2) is 19.3 Å². The molecule has 14 heavy (non-hydrogen) atoms. The molecule has 0 unspecified atom stereocenters. The number of nitrogens with zero attached hydrogens (tertiary/aromatic N) is 2. The fourth-order valence-corrected chi connectivity index (χ4v) is 3.46. The molecule has 0 N–H and O–H groups in total. The van der Waals surface area contributed by atoms with Gasteiger partial charge in [-0.2, -0.15) is 5.10 Å². The second kappa shape index (κ2) is 3.27. The third-order valence-electron chi connectivity index (χ3n) is 2.37. The molecule has 0 atom stereocenters. The minimum absolute atomic E-state index is 0.0729. The highest BCUT2D eigenvalue weighted by atomic mass is 32.2. The number of sulfone groups is 1. The summed E-state index contributed by atoms with van der Waals surface area (Å²) in [5.74, 6) is 0.499. The molecule has 1 aromatic heterocycles. The van der Waals surface area contributed by atoms with Crippen LogP contribution in [-0.2, 0) is 9.84 Å². The van der Waals surface area contributed by atoms with E-state index in [4.69, 9.17) is 0 Å². The van der Waals surface area contributed by atoms with Crippen molar-refractivity contribution >= 4 is 20.7 Å². The predicted octanol–water partition coefficient (Wildman–Crippen LogP) is 0.472. The topological polar surface area (TPSA) is 52.0 Å². The maximum atomic E-state index is 11.0. The first-order chi connectivity index (χ1) is 6.48. The van der Waals surface area contributed by atoms with Crippen molar-refractivity contribution in [1.82, 2.24) is 9.78 Å². The Balaban J connectivity index is 2.12. The molecule has 0 aliphatic carbocycles. The fraction of sp³-hybridized carbons (Fsp3) is 0.625. The first-order valence-corrected chi connectivity index (χ1v) is 8.45. The van der Waals surface area contributed by atoms with Crippen molar-refractivity contribution in [3.05, 3.63) is 12.4 Å². The standard InChI is InChI=1S/C8H14N2O2S2/c1-13(2)8-3-9-10(4-8)7-5-14(11,12)6-7/h3-4,7,13H,5-6H2,1-2H3. The van der Waals surface area contributed by atoms with Crippen LogP contribution >= 0.6 is 10.9 Å². The first-order valence-electron chi connectivity index (χ1n) is 4.40. The fourth-order valence-electron chi connectivity index (χ4n) is 1.45. The van der Waals surface area contributed by atoms with E-state index in [1.165, 1.54) is 4.90 Å². The van der Waals surface area contributed by atoms with E-state index in [-0.39, 0.29) is 28.4 Å². The van der Waals surface area contributed by atoms with Crippen molar-refractivity contribution in [2.24, 2.45) is 0 Å². The molecule has 0 amide bonds. The molecule has 1 aromatic rings. The van der Waals surface area contributed by atoms with Gasteiger partial charge in [-0.05, 0) is 12.5 Å². The molecule has 1 fully saturated rings. The first kappa shape index (κ1) is 10.0. The van der Waals surface area contributed by atoms with Gasteiger partial charge in [0.05, 0.1) is 23.7 Å². The van der Waals surface area contributed by atoms with Crippen LogP contribution in [0.25, 0.3) is 0 Å². The van der Waals surface area contributed by atoms with Gasteiger partial charge in [0.1, 0.15) is 0 Å². The molecule has 6 heteroatoms. The second-order valence-corrected chi connectivity index (χ2v) is 8.26. The lowest BCUT2D eigenvalue weighted by molar-refractivity contribution is 0.473. The average Bonchev–Trinajstić information content (AvgIpc) is 2.47. The Kier molecular flexibility index (Phi) is 2.35. The Morgan fingerprint density at radius 1 is 1.50 bits per heavy atom. The summed E-state index contributed by atoms with van der Waals surface area (Å²) in [5.41, 5.74) is 0. The number of aromatic nitrogens is 2. The van der Waals surface area contributed by atoms with E-state index in [0.717, 1.165) is 0 Å². The zero-order chi connectivity index (χ0) is 10.3. The maximum Gasteiger partial charge on any atom is 0.154 e. The molecule has 80 valence electrons. The van der Waals surface area contributed by atoms with Gasteiger partial charge in [0.2, 0.25) is 0 Å². The molecular weight excluding hydrogens is 220 g/mol. The Morgan fingerprint density at radius 3 is 2.57 bits per heavy atom. The SMILES string of the molecule is C[SH](C)c1cnn(C2CS(=O)(=O)C2)c1. The van der Waals surface area contributed by atoms with Crippen molar-refractivity contribution in [2.45, 2.75) is 10.9 Å². The molecule has 0 aromatic carbocycles. The summed E-state index contributed by atoms with van der Waals surface area (Å²) in [4.78, 5) is 1.23. The maximum absolute atomic E-state index is 11.0. The van der Waals surface area contributed by atoms with Crippen LogP contribution in [-0.4, -0.2) is 42.2 Å². The Morgan fingerprint density at radius 2 is 2.14 bits per heavy atom. The quantitative estimate of drug-likeness (QED) is 0.757. The summed E-state index contributed by atoms with van der Waals surface area (Å²) >= 11 is 0. The molecule has 0 radical (unpaired) electrons. The molecule has 0 spiro atoms. The van der Waals surface area contributed by atoms with Gasteiger partial charge in [0.15, 0.2) is 9.84 Å². The monoisotopic (exact) mass is 234 g/mol. The van der Waals surface area contributed by atoms with Crippen LogP contribution in [0.2, 0.25) is 0 Å². The van der Waals surface area contributed by atoms with Crippen LogP contribution in [0.4, 0.5) is 0 Å². The van der Waals surface area contributed by atoms with Gasteiger partial charge in [0, 0.05) is 11.1 Å². The zero-order valence-electron chi connectivity index (χ0n) is 8.21. The lowest BCUT2D eigenvalue weighted by Crippen LogP contribution is -2.38. The minimum atomic E-state index is -2.75. The molecule has 1 aliphatic rings. The molecule has 2 rings (SSSR count). The van der Waals surface area contributed by atoms with E-state index < -0.39 is 9.84 Å². The van der Waals surface area contributed by atoms with Gasteiger partial charge in [-0.15, -0.1) is 0 Å².